The summed E-state index contributed by atoms with van der Waals surface area (Å²) < 4.78 is 63.6. The van der Waals surface area contributed by atoms with Crippen LogP contribution < -0.4 is 4.74 Å². The SMILES string of the molecule is O=[N+]([O-])c1cc(I)c(C(F)F)nc1OC(F)(F)F. The van der Waals surface area contributed by atoms with Gasteiger partial charge in [0.15, 0.2) is 0 Å². The lowest BCUT2D eigenvalue weighted by atomic mass is 10.3. The zero-order chi connectivity index (χ0) is 14.1. The minimum Gasteiger partial charge on any atom is -0.381 e. The molecule has 0 spiro atoms. The third kappa shape index (κ3) is 3.61. The van der Waals surface area contributed by atoms with Gasteiger partial charge < -0.3 is 4.74 Å². The van der Waals surface area contributed by atoms with E-state index >= 15 is 0 Å². The van der Waals surface area contributed by atoms with E-state index in [1.807, 2.05) is 0 Å². The van der Waals surface area contributed by atoms with Gasteiger partial charge in [-0.2, -0.15) is 0 Å². The zero-order valence-electron chi connectivity index (χ0n) is 8.04. The molecule has 0 unspecified atom stereocenters. The van der Waals surface area contributed by atoms with Crippen molar-refractivity contribution in [3.05, 3.63) is 25.4 Å². The first-order valence-corrected chi connectivity index (χ1v) is 5.08. The van der Waals surface area contributed by atoms with Crippen molar-refractivity contribution in [3.63, 3.8) is 0 Å². The van der Waals surface area contributed by atoms with Crippen LogP contribution >= 0.6 is 22.6 Å². The van der Waals surface area contributed by atoms with Crippen LogP contribution in [0.25, 0.3) is 0 Å². The Labute approximate surface area is 109 Å². The van der Waals surface area contributed by atoms with Gasteiger partial charge in [-0.3, -0.25) is 10.1 Å². The summed E-state index contributed by atoms with van der Waals surface area (Å²) >= 11 is 1.30. The van der Waals surface area contributed by atoms with Crippen molar-refractivity contribution in [2.24, 2.45) is 0 Å². The highest BCUT2D eigenvalue weighted by Crippen LogP contribution is 2.35. The molecule has 0 radical (unpaired) electrons. The molecule has 0 aliphatic rings. The summed E-state index contributed by atoms with van der Waals surface area (Å²) in [6, 6.07) is 0.538. The third-order valence-corrected chi connectivity index (χ3v) is 2.43. The maximum Gasteiger partial charge on any atom is 0.574 e. The molecule has 1 aromatic rings. The van der Waals surface area contributed by atoms with Crippen molar-refractivity contribution in [2.45, 2.75) is 12.8 Å². The fourth-order valence-electron chi connectivity index (χ4n) is 0.944. The Hall–Kier alpha value is -1.27. The molecule has 0 saturated heterocycles. The molecule has 0 aliphatic heterocycles. The lowest BCUT2D eigenvalue weighted by Gasteiger charge is -2.10. The fraction of sp³-hybridized carbons (Fsp3) is 0.286. The number of nitrogens with zero attached hydrogens (tertiary/aromatic N) is 2. The smallest absolute Gasteiger partial charge is 0.381 e. The van der Waals surface area contributed by atoms with Crippen molar-refractivity contribution in [2.75, 3.05) is 0 Å². The minimum absolute atomic E-state index is 0.330. The van der Waals surface area contributed by atoms with Crippen LogP contribution in [0.2, 0.25) is 0 Å². The normalized spacial score (nSPS) is 11.7. The predicted molar refractivity (Wildman–Crippen MR) is 55.2 cm³/mol. The van der Waals surface area contributed by atoms with E-state index in [1.54, 1.807) is 0 Å². The van der Waals surface area contributed by atoms with Gasteiger partial charge in [0, 0.05) is 9.64 Å². The summed E-state index contributed by atoms with van der Waals surface area (Å²) in [5, 5.41) is 10.5. The Morgan fingerprint density at radius 3 is 2.39 bits per heavy atom. The van der Waals surface area contributed by atoms with E-state index in [9.17, 15) is 32.1 Å². The van der Waals surface area contributed by atoms with E-state index in [0.717, 1.165) is 0 Å². The van der Waals surface area contributed by atoms with Gasteiger partial charge in [0.2, 0.25) is 0 Å². The molecule has 0 N–H and O–H groups in total. The Morgan fingerprint density at radius 1 is 1.44 bits per heavy atom. The summed E-state index contributed by atoms with van der Waals surface area (Å²) in [6.07, 6.45) is -8.43. The Kier molecular flexibility index (Phi) is 4.24. The van der Waals surface area contributed by atoms with Crippen LogP contribution in [0.15, 0.2) is 6.07 Å². The monoisotopic (exact) mass is 384 g/mol. The van der Waals surface area contributed by atoms with Gasteiger partial charge >= 0.3 is 17.9 Å². The second-order valence-corrected chi connectivity index (χ2v) is 3.95. The molecule has 11 heteroatoms. The second kappa shape index (κ2) is 5.16. The number of alkyl halides is 5. The van der Waals surface area contributed by atoms with E-state index in [1.165, 1.54) is 22.6 Å². The van der Waals surface area contributed by atoms with Crippen molar-refractivity contribution in [1.29, 1.82) is 0 Å². The van der Waals surface area contributed by atoms with Crippen molar-refractivity contribution >= 4 is 28.3 Å². The quantitative estimate of drug-likeness (QED) is 0.347. The Balaban J connectivity index is 3.35. The molecule has 0 saturated carbocycles. The molecule has 1 aromatic heterocycles. The van der Waals surface area contributed by atoms with Crippen molar-refractivity contribution in [3.8, 4) is 5.88 Å². The van der Waals surface area contributed by atoms with E-state index in [0.29, 0.717) is 6.07 Å². The lowest BCUT2D eigenvalue weighted by Crippen LogP contribution is -2.19. The molecule has 0 aromatic carbocycles. The molecule has 5 nitrogen and oxygen atoms in total. The van der Waals surface area contributed by atoms with E-state index < -0.39 is 35.0 Å². The van der Waals surface area contributed by atoms with Gasteiger partial charge in [-0.05, 0) is 22.6 Å². The number of hydrogen-bond acceptors (Lipinski definition) is 4. The molecular formula is C7H2F5IN2O3. The highest BCUT2D eigenvalue weighted by atomic mass is 127. The van der Waals surface area contributed by atoms with Crippen LogP contribution in [0, 0.1) is 13.7 Å². The number of hydrogen-bond donors (Lipinski definition) is 0. The van der Waals surface area contributed by atoms with Gasteiger partial charge in [0.1, 0.15) is 5.69 Å². The van der Waals surface area contributed by atoms with E-state index in [-0.39, 0.29) is 3.57 Å². The second-order valence-electron chi connectivity index (χ2n) is 2.79. The summed E-state index contributed by atoms with van der Waals surface area (Å²) in [5.74, 6) is -1.51. The largest absolute Gasteiger partial charge is 0.574 e. The molecule has 0 bridgehead atoms. The summed E-state index contributed by atoms with van der Waals surface area (Å²) in [7, 11) is 0. The van der Waals surface area contributed by atoms with Gasteiger partial charge in [-0.1, -0.05) is 0 Å². The lowest BCUT2D eigenvalue weighted by molar-refractivity contribution is -0.389. The first kappa shape index (κ1) is 14.8. The Morgan fingerprint density at radius 2 is 2.00 bits per heavy atom. The number of pyridine rings is 1. The zero-order valence-corrected chi connectivity index (χ0v) is 10.2. The molecule has 0 amide bonds. The number of nitro groups is 1. The molecule has 0 fully saturated rings. The van der Waals surface area contributed by atoms with E-state index in [2.05, 4.69) is 9.72 Å². The van der Waals surface area contributed by atoms with Crippen molar-refractivity contribution < 1.29 is 31.6 Å². The van der Waals surface area contributed by atoms with Crippen LogP contribution in [-0.4, -0.2) is 16.3 Å². The fourth-order valence-corrected chi connectivity index (χ4v) is 1.60. The number of rotatable bonds is 3. The van der Waals surface area contributed by atoms with Crippen LogP contribution in [0.5, 0.6) is 5.88 Å². The first-order valence-electron chi connectivity index (χ1n) is 4.00. The molecule has 1 rings (SSSR count). The number of ether oxygens (including phenoxy) is 1. The maximum atomic E-state index is 12.4. The number of aromatic nitrogens is 1. The molecule has 0 atom stereocenters. The van der Waals surface area contributed by atoms with Crippen molar-refractivity contribution in [1.82, 2.24) is 4.98 Å². The molecule has 100 valence electrons. The topological polar surface area (TPSA) is 65.3 Å². The average Bonchev–Trinajstić information content (AvgIpc) is 2.17. The van der Waals surface area contributed by atoms with Crippen LogP contribution in [0.3, 0.4) is 0 Å². The average molecular weight is 384 g/mol. The molecule has 1 heterocycles. The standard InChI is InChI=1S/C7H2F5IN2O3/c8-5(9)4-2(13)1-3(15(16)17)6(14-4)18-7(10,11)12/h1,5H. The third-order valence-electron chi connectivity index (χ3n) is 1.57. The summed E-state index contributed by atoms with van der Waals surface area (Å²) in [4.78, 5) is 12.1. The number of halogens is 6. The maximum absolute atomic E-state index is 12.4. The predicted octanol–water partition coefficient (Wildman–Crippen LogP) is 3.43. The minimum atomic E-state index is -5.26. The Bertz CT molecular complexity index is 479. The van der Waals surface area contributed by atoms with Gasteiger partial charge in [-0.25, -0.2) is 13.8 Å². The first-order chi connectivity index (χ1) is 8.11. The van der Waals surface area contributed by atoms with Gasteiger partial charge in [0.05, 0.1) is 4.92 Å². The molecule has 0 aliphatic carbocycles. The van der Waals surface area contributed by atoms with Crippen LogP contribution in [0.4, 0.5) is 27.6 Å². The summed E-state index contributed by atoms with van der Waals surface area (Å²) in [5.41, 5.74) is -2.15. The van der Waals surface area contributed by atoms with E-state index in [4.69, 9.17) is 0 Å². The summed E-state index contributed by atoms with van der Waals surface area (Å²) in [6.45, 7) is 0. The van der Waals surface area contributed by atoms with Crippen LogP contribution in [-0.2, 0) is 0 Å². The van der Waals surface area contributed by atoms with Gasteiger partial charge in [0.25, 0.3) is 6.43 Å². The highest BCUT2D eigenvalue weighted by molar-refractivity contribution is 14.1. The van der Waals surface area contributed by atoms with Crippen LogP contribution in [0.1, 0.15) is 12.1 Å². The highest BCUT2D eigenvalue weighted by Gasteiger charge is 2.36. The molecule has 18 heavy (non-hydrogen) atoms. The van der Waals surface area contributed by atoms with Gasteiger partial charge in [-0.15, -0.1) is 13.2 Å². The molecular weight excluding hydrogens is 382 g/mol.